The van der Waals surface area contributed by atoms with E-state index in [0.29, 0.717) is 24.8 Å². The summed E-state index contributed by atoms with van der Waals surface area (Å²) in [6, 6.07) is 8.72. The molecule has 0 aliphatic heterocycles. The zero-order chi connectivity index (χ0) is 12.8. The minimum Gasteiger partial charge on any atom is -0.380 e. The molecule has 0 saturated heterocycles. The molecule has 0 aromatic heterocycles. The van der Waals surface area contributed by atoms with Gasteiger partial charge in [-0.2, -0.15) is 0 Å². The first-order chi connectivity index (χ1) is 8.83. The second-order valence-electron chi connectivity index (χ2n) is 5.10. The first kappa shape index (κ1) is 13.3. The number of methoxy groups -OCH3 is 1. The first-order valence-corrected chi connectivity index (χ1v) is 6.68. The number of benzene rings is 1. The van der Waals surface area contributed by atoms with E-state index in [9.17, 15) is 4.39 Å². The van der Waals surface area contributed by atoms with E-state index in [2.05, 4.69) is 24.3 Å². The summed E-state index contributed by atoms with van der Waals surface area (Å²) in [5.74, 6) is 1.09. The molecule has 2 rings (SSSR count). The van der Waals surface area contributed by atoms with Gasteiger partial charge in [-0.25, -0.2) is 4.39 Å². The predicted molar refractivity (Wildman–Crippen MR) is 72.1 cm³/mol. The molecule has 1 saturated carbocycles. The highest BCUT2D eigenvalue weighted by Crippen LogP contribution is 2.36. The van der Waals surface area contributed by atoms with Crippen LogP contribution in [0, 0.1) is 5.92 Å². The van der Waals surface area contributed by atoms with Crippen LogP contribution in [-0.4, -0.2) is 7.11 Å². The molecule has 98 valence electrons. The Morgan fingerprint density at radius 1 is 1.17 bits per heavy atom. The van der Waals surface area contributed by atoms with Crippen molar-refractivity contribution in [3.63, 3.8) is 0 Å². The Labute approximate surface area is 109 Å². The van der Waals surface area contributed by atoms with Crippen molar-refractivity contribution >= 4 is 0 Å². The van der Waals surface area contributed by atoms with Crippen molar-refractivity contribution in [2.24, 2.45) is 5.92 Å². The van der Waals surface area contributed by atoms with Gasteiger partial charge in [0.05, 0.1) is 12.9 Å². The van der Waals surface area contributed by atoms with Crippen LogP contribution in [0.2, 0.25) is 0 Å². The largest absolute Gasteiger partial charge is 0.380 e. The minimum atomic E-state index is 0.444. The van der Waals surface area contributed by atoms with Crippen LogP contribution < -0.4 is 0 Å². The Bertz CT molecular complexity index is 375. The maximum Gasteiger partial charge on any atom is 0.0829 e. The smallest absolute Gasteiger partial charge is 0.0829 e. The molecule has 2 heteroatoms. The molecule has 0 spiro atoms. The molecule has 1 nitrogen and oxygen atoms in total. The second kappa shape index (κ2) is 6.69. The third kappa shape index (κ3) is 3.42. The number of halogens is 1. The molecule has 0 radical (unpaired) electrons. The Hall–Kier alpha value is -1.15. The third-order valence-corrected chi connectivity index (χ3v) is 3.88. The molecular formula is C16H21FO. The van der Waals surface area contributed by atoms with Crippen molar-refractivity contribution < 1.29 is 9.13 Å². The van der Waals surface area contributed by atoms with E-state index < -0.39 is 0 Å². The van der Waals surface area contributed by atoms with E-state index in [1.807, 2.05) is 0 Å². The molecule has 0 bridgehead atoms. The predicted octanol–water partition coefficient (Wildman–Crippen LogP) is 4.59. The van der Waals surface area contributed by atoms with Crippen molar-refractivity contribution in [1.82, 2.24) is 0 Å². The van der Waals surface area contributed by atoms with Gasteiger partial charge < -0.3 is 4.74 Å². The van der Waals surface area contributed by atoms with Crippen LogP contribution in [0.25, 0.3) is 0 Å². The summed E-state index contributed by atoms with van der Waals surface area (Å²) in [4.78, 5) is 0. The van der Waals surface area contributed by atoms with Crippen LogP contribution in [0.15, 0.2) is 36.7 Å². The van der Waals surface area contributed by atoms with Gasteiger partial charge in [0.15, 0.2) is 0 Å². The van der Waals surface area contributed by atoms with Gasteiger partial charge in [-0.3, -0.25) is 0 Å². The molecule has 0 atom stereocenters. The Balaban J connectivity index is 1.92. The van der Waals surface area contributed by atoms with Crippen LogP contribution in [0.4, 0.5) is 4.39 Å². The third-order valence-electron chi connectivity index (χ3n) is 3.88. The minimum absolute atomic E-state index is 0.444. The standard InChI is InChI=1S/C16H21FO/c1-18-12-14-4-8-16(9-5-14)15-6-2-13(3-7-15)10-11-17/h4-5,8-11,13,15H,2-3,6-7,12H2,1H3. The first-order valence-electron chi connectivity index (χ1n) is 6.68. The van der Waals surface area contributed by atoms with Gasteiger partial charge in [0, 0.05) is 7.11 Å². The lowest BCUT2D eigenvalue weighted by molar-refractivity contribution is 0.185. The van der Waals surface area contributed by atoms with Crippen molar-refractivity contribution in [2.75, 3.05) is 7.11 Å². The average Bonchev–Trinajstić information content (AvgIpc) is 2.41. The second-order valence-corrected chi connectivity index (χ2v) is 5.10. The number of hydrogen-bond acceptors (Lipinski definition) is 1. The molecule has 0 N–H and O–H groups in total. The Morgan fingerprint density at radius 3 is 2.39 bits per heavy atom. The van der Waals surface area contributed by atoms with Gasteiger partial charge in [-0.15, -0.1) is 0 Å². The fourth-order valence-electron chi connectivity index (χ4n) is 2.80. The average molecular weight is 248 g/mol. The van der Waals surface area contributed by atoms with Crippen LogP contribution in [0.3, 0.4) is 0 Å². The van der Waals surface area contributed by atoms with E-state index in [1.54, 1.807) is 13.2 Å². The lowest BCUT2D eigenvalue weighted by atomic mass is 9.78. The summed E-state index contributed by atoms with van der Waals surface area (Å²) >= 11 is 0. The molecule has 0 heterocycles. The van der Waals surface area contributed by atoms with Gasteiger partial charge in [0.25, 0.3) is 0 Å². The number of hydrogen-bond donors (Lipinski definition) is 0. The van der Waals surface area contributed by atoms with E-state index in [-0.39, 0.29) is 0 Å². The molecule has 1 fully saturated rings. The Kier molecular flexibility index (Phi) is 4.94. The van der Waals surface area contributed by atoms with Crippen molar-refractivity contribution in [3.8, 4) is 0 Å². The highest BCUT2D eigenvalue weighted by molar-refractivity contribution is 5.25. The van der Waals surface area contributed by atoms with Crippen LogP contribution in [0.1, 0.15) is 42.7 Å². The van der Waals surface area contributed by atoms with Crippen LogP contribution in [0.5, 0.6) is 0 Å². The SMILES string of the molecule is COCc1ccc(C2CCC(C=CF)CC2)cc1. The van der Waals surface area contributed by atoms with E-state index in [0.717, 1.165) is 12.8 Å². The van der Waals surface area contributed by atoms with Crippen LogP contribution in [-0.2, 0) is 11.3 Å². The van der Waals surface area contributed by atoms with Gasteiger partial charge in [-0.1, -0.05) is 30.3 Å². The Morgan fingerprint density at radius 2 is 1.83 bits per heavy atom. The molecule has 0 unspecified atom stereocenters. The lowest BCUT2D eigenvalue weighted by Crippen LogP contribution is -2.11. The maximum absolute atomic E-state index is 12.1. The van der Waals surface area contributed by atoms with Crippen molar-refractivity contribution in [3.05, 3.63) is 47.8 Å². The van der Waals surface area contributed by atoms with Gasteiger partial charge in [-0.05, 0) is 48.6 Å². The summed E-state index contributed by atoms with van der Waals surface area (Å²) in [6.07, 6.45) is 6.94. The fraction of sp³-hybridized carbons (Fsp3) is 0.500. The molecule has 0 amide bonds. The lowest BCUT2D eigenvalue weighted by Gasteiger charge is -2.27. The quantitative estimate of drug-likeness (QED) is 0.757. The zero-order valence-corrected chi connectivity index (χ0v) is 10.9. The molecule has 1 aliphatic carbocycles. The topological polar surface area (TPSA) is 9.23 Å². The van der Waals surface area contributed by atoms with Crippen LogP contribution >= 0.6 is 0 Å². The fourth-order valence-corrected chi connectivity index (χ4v) is 2.80. The monoisotopic (exact) mass is 248 g/mol. The summed E-state index contributed by atoms with van der Waals surface area (Å²) in [5.41, 5.74) is 2.63. The van der Waals surface area contributed by atoms with Gasteiger partial charge in [0.1, 0.15) is 0 Å². The number of rotatable bonds is 4. The zero-order valence-electron chi connectivity index (χ0n) is 10.9. The maximum atomic E-state index is 12.1. The summed E-state index contributed by atoms with van der Waals surface area (Å²) in [5, 5.41) is 0. The highest BCUT2D eigenvalue weighted by atomic mass is 19.1. The van der Waals surface area contributed by atoms with Gasteiger partial charge >= 0.3 is 0 Å². The van der Waals surface area contributed by atoms with E-state index >= 15 is 0 Å². The van der Waals surface area contributed by atoms with Gasteiger partial charge in [0.2, 0.25) is 0 Å². The molecule has 1 aromatic rings. The number of ether oxygens (including phenoxy) is 1. The molecule has 1 aromatic carbocycles. The normalized spacial score (nSPS) is 24.6. The summed E-state index contributed by atoms with van der Waals surface area (Å²) in [6.45, 7) is 0.675. The van der Waals surface area contributed by atoms with Crippen molar-refractivity contribution in [1.29, 1.82) is 0 Å². The highest BCUT2D eigenvalue weighted by Gasteiger charge is 2.20. The summed E-state index contributed by atoms with van der Waals surface area (Å²) in [7, 11) is 1.72. The molecular weight excluding hydrogens is 227 g/mol. The molecule has 18 heavy (non-hydrogen) atoms. The van der Waals surface area contributed by atoms with E-state index in [4.69, 9.17) is 4.74 Å². The summed E-state index contributed by atoms with van der Waals surface area (Å²) < 4.78 is 17.2. The molecule has 1 aliphatic rings. The number of allylic oxidation sites excluding steroid dienone is 1. The van der Waals surface area contributed by atoms with E-state index in [1.165, 1.54) is 24.0 Å². The van der Waals surface area contributed by atoms with Crippen molar-refractivity contribution in [2.45, 2.75) is 38.2 Å².